The van der Waals surface area contributed by atoms with Crippen LogP contribution < -0.4 is 4.74 Å². The Kier molecular flexibility index (Phi) is 7.50. The van der Waals surface area contributed by atoms with Crippen molar-refractivity contribution in [1.29, 1.82) is 10.5 Å². The van der Waals surface area contributed by atoms with Gasteiger partial charge in [-0.1, -0.05) is 12.1 Å². The number of nitrogens with zero attached hydrogens (tertiary/aromatic N) is 3. The summed E-state index contributed by atoms with van der Waals surface area (Å²) in [6, 6.07) is 9.98. The van der Waals surface area contributed by atoms with E-state index in [0.717, 1.165) is 16.9 Å². The minimum absolute atomic E-state index is 0.0872. The number of ether oxygens (including phenoxy) is 1. The van der Waals surface area contributed by atoms with Crippen LogP contribution in [0.2, 0.25) is 0 Å². The Morgan fingerprint density at radius 3 is 2.41 bits per heavy atom. The van der Waals surface area contributed by atoms with Gasteiger partial charge in [0.25, 0.3) is 0 Å². The molecule has 0 aromatic heterocycles. The topological polar surface area (TPSA) is 77.1 Å². The molecule has 0 saturated heterocycles. The molecule has 1 rings (SSSR count). The number of rotatable bonds is 8. The molecular formula is C17H21N3O2. The summed E-state index contributed by atoms with van der Waals surface area (Å²) in [7, 11) is 0. The summed E-state index contributed by atoms with van der Waals surface area (Å²) in [6.45, 7) is 4.96. The number of hydrogen-bond donors (Lipinski definition) is 0. The highest BCUT2D eigenvalue weighted by Crippen LogP contribution is 2.19. The highest BCUT2D eigenvalue weighted by molar-refractivity contribution is 5.76. The maximum absolute atomic E-state index is 12.1. The molecule has 1 aromatic carbocycles. The lowest BCUT2D eigenvalue weighted by atomic mass is 10.1. The highest BCUT2D eigenvalue weighted by atomic mass is 16.5. The first-order valence-electron chi connectivity index (χ1n) is 7.30. The summed E-state index contributed by atoms with van der Waals surface area (Å²) in [5.74, 6) is 0.698. The molecule has 1 aromatic rings. The average Bonchev–Trinajstić information content (AvgIpc) is 2.50. The summed E-state index contributed by atoms with van der Waals surface area (Å²) >= 11 is 0. The molecular weight excluding hydrogens is 278 g/mol. The van der Waals surface area contributed by atoms with E-state index in [1.165, 1.54) is 0 Å². The van der Waals surface area contributed by atoms with E-state index in [4.69, 9.17) is 15.3 Å². The lowest BCUT2D eigenvalue weighted by molar-refractivity contribution is -0.131. The quantitative estimate of drug-likeness (QED) is 0.739. The van der Waals surface area contributed by atoms with Crippen molar-refractivity contribution in [2.75, 3.05) is 19.7 Å². The van der Waals surface area contributed by atoms with Gasteiger partial charge in [0.15, 0.2) is 0 Å². The van der Waals surface area contributed by atoms with E-state index in [2.05, 4.69) is 0 Å². The van der Waals surface area contributed by atoms with Crippen LogP contribution >= 0.6 is 0 Å². The van der Waals surface area contributed by atoms with E-state index in [9.17, 15) is 4.79 Å². The average molecular weight is 299 g/mol. The first kappa shape index (κ1) is 17.5. The van der Waals surface area contributed by atoms with Crippen LogP contribution in [0.3, 0.4) is 0 Å². The van der Waals surface area contributed by atoms with Gasteiger partial charge in [0, 0.05) is 13.1 Å². The summed E-state index contributed by atoms with van der Waals surface area (Å²) in [4.78, 5) is 13.7. The number of carbonyl (C=O) groups is 1. The van der Waals surface area contributed by atoms with Crippen molar-refractivity contribution >= 4 is 5.91 Å². The standard InChI is InChI=1S/C17H21N3O2/c1-14-5-6-15(2)16(13-14)22-12-7-17(21)20(10-3-8-18)11-4-9-19/h5-6,13H,3-4,7,10-12H2,1-2H3. The fraction of sp³-hybridized carbons (Fsp3) is 0.471. The van der Waals surface area contributed by atoms with Crippen molar-refractivity contribution in [3.05, 3.63) is 29.3 Å². The van der Waals surface area contributed by atoms with E-state index in [1.54, 1.807) is 4.90 Å². The minimum atomic E-state index is -0.0872. The molecule has 0 spiro atoms. The third-order valence-electron chi connectivity index (χ3n) is 3.26. The second-order valence-electron chi connectivity index (χ2n) is 5.06. The zero-order valence-corrected chi connectivity index (χ0v) is 13.1. The lowest BCUT2D eigenvalue weighted by Crippen LogP contribution is -2.33. The maximum Gasteiger partial charge on any atom is 0.226 e. The molecule has 0 atom stereocenters. The number of benzene rings is 1. The van der Waals surface area contributed by atoms with Crippen LogP contribution in [0.1, 0.15) is 30.4 Å². The summed E-state index contributed by atoms with van der Waals surface area (Å²) < 4.78 is 5.67. The predicted octanol–water partition coefficient (Wildman–Crippen LogP) is 2.73. The van der Waals surface area contributed by atoms with Crippen molar-refractivity contribution in [3.8, 4) is 17.9 Å². The van der Waals surface area contributed by atoms with Gasteiger partial charge in [0.05, 0.1) is 38.0 Å². The molecule has 5 nitrogen and oxygen atoms in total. The van der Waals surface area contributed by atoms with Crippen LogP contribution in [0.4, 0.5) is 0 Å². The Labute approximate surface area is 131 Å². The molecule has 0 aliphatic rings. The summed E-state index contributed by atoms with van der Waals surface area (Å²) in [5.41, 5.74) is 2.14. The van der Waals surface area contributed by atoms with Crippen molar-refractivity contribution in [2.45, 2.75) is 33.1 Å². The van der Waals surface area contributed by atoms with Crippen LogP contribution in [0.5, 0.6) is 5.75 Å². The van der Waals surface area contributed by atoms with Crippen LogP contribution in [-0.2, 0) is 4.79 Å². The molecule has 0 N–H and O–H groups in total. The lowest BCUT2D eigenvalue weighted by Gasteiger charge is -2.20. The number of amides is 1. The highest BCUT2D eigenvalue weighted by Gasteiger charge is 2.13. The molecule has 0 saturated carbocycles. The molecule has 22 heavy (non-hydrogen) atoms. The Morgan fingerprint density at radius 1 is 1.18 bits per heavy atom. The third kappa shape index (κ3) is 5.85. The van der Waals surface area contributed by atoms with Gasteiger partial charge < -0.3 is 9.64 Å². The Morgan fingerprint density at radius 2 is 1.82 bits per heavy atom. The van der Waals surface area contributed by atoms with Crippen molar-refractivity contribution in [2.24, 2.45) is 0 Å². The second-order valence-corrected chi connectivity index (χ2v) is 5.06. The fourth-order valence-corrected chi connectivity index (χ4v) is 2.00. The number of hydrogen-bond acceptors (Lipinski definition) is 4. The molecule has 5 heteroatoms. The molecule has 0 aliphatic carbocycles. The monoisotopic (exact) mass is 299 g/mol. The number of nitriles is 2. The molecule has 1 amide bonds. The molecule has 116 valence electrons. The van der Waals surface area contributed by atoms with Crippen molar-refractivity contribution < 1.29 is 9.53 Å². The van der Waals surface area contributed by atoms with Crippen LogP contribution in [0.15, 0.2) is 18.2 Å². The molecule has 0 heterocycles. The largest absolute Gasteiger partial charge is 0.493 e. The Bertz CT molecular complexity index is 567. The zero-order chi connectivity index (χ0) is 16.4. The predicted molar refractivity (Wildman–Crippen MR) is 83.1 cm³/mol. The van der Waals surface area contributed by atoms with Gasteiger partial charge in [0.2, 0.25) is 5.91 Å². The minimum Gasteiger partial charge on any atom is -0.493 e. The van der Waals surface area contributed by atoms with Crippen LogP contribution in [0.25, 0.3) is 0 Å². The Hall–Kier alpha value is -2.53. The van der Waals surface area contributed by atoms with Gasteiger partial charge in [-0.15, -0.1) is 0 Å². The molecule has 0 unspecified atom stereocenters. The van der Waals surface area contributed by atoms with Gasteiger partial charge in [-0.2, -0.15) is 10.5 Å². The fourth-order valence-electron chi connectivity index (χ4n) is 2.00. The second kappa shape index (κ2) is 9.41. The van der Waals surface area contributed by atoms with Gasteiger partial charge in [-0.05, 0) is 31.0 Å². The Balaban J connectivity index is 2.50. The maximum atomic E-state index is 12.1. The number of aryl methyl sites for hydroxylation is 2. The summed E-state index contributed by atoms with van der Waals surface area (Å²) in [5, 5.41) is 17.3. The number of carbonyl (C=O) groups excluding carboxylic acids is 1. The first-order chi connectivity index (χ1) is 10.6. The van der Waals surface area contributed by atoms with Crippen molar-refractivity contribution in [3.63, 3.8) is 0 Å². The first-order valence-corrected chi connectivity index (χ1v) is 7.30. The van der Waals surface area contributed by atoms with Crippen LogP contribution in [0, 0.1) is 36.5 Å². The normalized spacial score (nSPS) is 9.64. The van der Waals surface area contributed by atoms with Gasteiger partial charge in [0.1, 0.15) is 5.75 Å². The van der Waals surface area contributed by atoms with E-state index in [1.807, 2.05) is 44.2 Å². The molecule has 0 fully saturated rings. The van der Waals surface area contributed by atoms with Crippen LogP contribution in [-0.4, -0.2) is 30.5 Å². The van der Waals surface area contributed by atoms with Gasteiger partial charge >= 0.3 is 0 Å². The van der Waals surface area contributed by atoms with E-state index >= 15 is 0 Å². The van der Waals surface area contributed by atoms with E-state index in [0.29, 0.717) is 19.7 Å². The molecule has 0 radical (unpaired) electrons. The van der Waals surface area contributed by atoms with E-state index < -0.39 is 0 Å². The van der Waals surface area contributed by atoms with Crippen molar-refractivity contribution in [1.82, 2.24) is 4.90 Å². The molecule has 0 bridgehead atoms. The van der Waals surface area contributed by atoms with E-state index in [-0.39, 0.29) is 25.2 Å². The molecule has 0 aliphatic heterocycles. The smallest absolute Gasteiger partial charge is 0.226 e. The SMILES string of the molecule is Cc1ccc(C)c(OCCC(=O)N(CCC#N)CCC#N)c1. The summed E-state index contributed by atoms with van der Waals surface area (Å²) in [6.07, 6.45) is 0.786. The van der Waals surface area contributed by atoms with Gasteiger partial charge in [-0.3, -0.25) is 4.79 Å². The third-order valence-corrected chi connectivity index (χ3v) is 3.26. The zero-order valence-electron chi connectivity index (χ0n) is 13.1. The van der Waals surface area contributed by atoms with Gasteiger partial charge in [-0.25, -0.2) is 0 Å².